The fourth-order valence-corrected chi connectivity index (χ4v) is 1.55. The van der Waals surface area contributed by atoms with E-state index < -0.39 is 0 Å². The molecule has 5 heteroatoms. The molecule has 0 aliphatic heterocycles. The third kappa shape index (κ3) is 6.76. The number of ether oxygens (including phenoxy) is 2. The Balaban J connectivity index is 2.10. The quantitative estimate of drug-likeness (QED) is 0.535. The van der Waals surface area contributed by atoms with Crippen LogP contribution < -0.4 is 4.74 Å². The molecule has 4 nitrogen and oxygen atoms in total. The fourth-order valence-electron chi connectivity index (χ4n) is 1.55. The van der Waals surface area contributed by atoms with Crippen molar-refractivity contribution >= 4 is 5.97 Å². The largest absolute Gasteiger partial charge is 0.494 e. The van der Waals surface area contributed by atoms with Gasteiger partial charge in [-0.2, -0.15) is 0 Å². The average Bonchev–Trinajstić information content (AvgIpc) is 2.42. The van der Waals surface area contributed by atoms with E-state index in [-0.39, 0.29) is 11.8 Å². The van der Waals surface area contributed by atoms with E-state index in [0.29, 0.717) is 25.3 Å². The Morgan fingerprint density at radius 3 is 2.58 bits per heavy atom. The molecule has 0 aliphatic rings. The van der Waals surface area contributed by atoms with Crippen LogP contribution in [0.4, 0.5) is 4.39 Å². The lowest BCUT2D eigenvalue weighted by atomic mass is 10.3. The first-order chi connectivity index (χ1) is 9.11. The molecule has 0 unspecified atom stereocenters. The smallest absolute Gasteiger partial charge is 0.306 e. The molecule has 1 aromatic rings. The van der Waals surface area contributed by atoms with Gasteiger partial charge in [0.2, 0.25) is 0 Å². The van der Waals surface area contributed by atoms with E-state index >= 15 is 0 Å². The number of benzene rings is 1. The molecule has 0 spiro atoms. The van der Waals surface area contributed by atoms with Crippen LogP contribution in [0.15, 0.2) is 24.3 Å². The van der Waals surface area contributed by atoms with E-state index in [4.69, 9.17) is 4.74 Å². The van der Waals surface area contributed by atoms with Gasteiger partial charge in [0.25, 0.3) is 0 Å². The zero-order valence-corrected chi connectivity index (χ0v) is 11.4. The summed E-state index contributed by atoms with van der Waals surface area (Å²) in [5.74, 6) is 0.197. The first-order valence-corrected chi connectivity index (χ1v) is 6.25. The Morgan fingerprint density at radius 1 is 1.26 bits per heavy atom. The van der Waals surface area contributed by atoms with E-state index in [1.54, 1.807) is 12.1 Å². The second-order valence-corrected chi connectivity index (χ2v) is 4.29. The molecule has 1 rings (SSSR count). The van der Waals surface area contributed by atoms with Crippen LogP contribution in [0, 0.1) is 5.82 Å². The molecule has 1 aromatic carbocycles. The summed E-state index contributed by atoms with van der Waals surface area (Å²) in [4.78, 5) is 13.0. The van der Waals surface area contributed by atoms with Gasteiger partial charge in [0, 0.05) is 13.1 Å². The van der Waals surface area contributed by atoms with E-state index in [0.717, 1.165) is 13.0 Å². The number of halogens is 1. The topological polar surface area (TPSA) is 38.8 Å². The zero-order valence-electron chi connectivity index (χ0n) is 11.4. The molecule has 0 heterocycles. The van der Waals surface area contributed by atoms with Crippen molar-refractivity contribution in [2.75, 3.05) is 33.9 Å². The van der Waals surface area contributed by atoms with Crippen molar-refractivity contribution in [1.29, 1.82) is 0 Å². The maximum atomic E-state index is 12.7. The van der Waals surface area contributed by atoms with Crippen LogP contribution in [0.5, 0.6) is 5.75 Å². The van der Waals surface area contributed by atoms with Gasteiger partial charge in [-0.05, 0) is 37.7 Å². The first-order valence-electron chi connectivity index (χ1n) is 6.25. The van der Waals surface area contributed by atoms with Gasteiger partial charge in [0.05, 0.1) is 20.1 Å². The summed E-state index contributed by atoms with van der Waals surface area (Å²) < 4.78 is 22.7. The molecule has 0 N–H and O–H groups in total. The highest BCUT2D eigenvalue weighted by atomic mass is 19.1. The molecule has 106 valence electrons. The molecular formula is C14H20FNO3. The van der Waals surface area contributed by atoms with Crippen LogP contribution in [0.25, 0.3) is 0 Å². The number of hydrogen-bond donors (Lipinski definition) is 0. The van der Waals surface area contributed by atoms with Gasteiger partial charge in [0.15, 0.2) is 0 Å². The van der Waals surface area contributed by atoms with Gasteiger partial charge in [0.1, 0.15) is 11.6 Å². The van der Waals surface area contributed by atoms with Gasteiger partial charge in [-0.15, -0.1) is 0 Å². The lowest BCUT2D eigenvalue weighted by Gasteiger charge is -2.15. The summed E-state index contributed by atoms with van der Waals surface area (Å²) >= 11 is 0. The standard InChI is InChI=1S/C14H20FNO3/c1-16(10-8-14(17)18-2)9-3-11-19-13-6-4-12(15)5-7-13/h4-7H,3,8-11H2,1-2H3. The molecule has 0 saturated heterocycles. The minimum atomic E-state index is -0.269. The molecule has 19 heavy (non-hydrogen) atoms. The first kappa shape index (κ1) is 15.4. The summed E-state index contributed by atoms with van der Waals surface area (Å²) in [7, 11) is 3.33. The SMILES string of the molecule is COC(=O)CCN(C)CCCOc1ccc(F)cc1. The Kier molecular flexibility index (Phi) is 6.89. The van der Waals surface area contributed by atoms with Crippen molar-refractivity contribution in [2.45, 2.75) is 12.8 Å². The number of esters is 1. The monoisotopic (exact) mass is 269 g/mol. The summed E-state index contributed by atoms with van der Waals surface area (Å²) in [6.45, 7) is 2.07. The number of hydrogen-bond acceptors (Lipinski definition) is 4. The van der Waals surface area contributed by atoms with Crippen molar-refractivity contribution in [2.24, 2.45) is 0 Å². The highest BCUT2D eigenvalue weighted by Gasteiger charge is 2.04. The Labute approximate surface area is 113 Å². The molecule has 0 saturated carbocycles. The van der Waals surface area contributed by atoms with Crippen LogP contribution in [0.3, 0.4) is 0 Å². The second-order valence-electron chi connectivity index (χ2n) is 4.29. The van der Waals surface area contributed by atoms with Gasteiger partial charge in [-0.1, -0.05) is 0 Å². The van der Waals surface area contributed by atoms with E-state index in [2.05, 4.69) is 4.74 Å². The van der Waals surface area contributed by atoms with E-state index in [1.807, 2.05) is 11.9 Å². The van der Waals surface area contributed by atoms with Crippen molar-refractivity contribution in [3.05, 3.63) is 30.1 Å². The Bertz CT molecular complexity index is 381. The van der Waals surface area contributed by atoms with Gasteiger partial charge < -0.3 is 14.4 Å². The van der Waals surface area contributed by atoms with Gasteiger partial charge >= 0.3 is 5.97 Å². The molecule has 0 aliphatic carbocycles. The predicted molar refractivity (Wildman–Crippen MR) is 70.6 cm³/mol. The Morgan fingerprint density at radius 2 is 1.95 bits per heavy atom. The van der Waals surface area contributed by atoms with E-state index in [1.165, 1.54) is 19.2 Å². The molecule has 0 bridgehead atoms. The molecular weight excluding hydrogens is 249 g/mol. The minimum Gasteiger partial charge on any atom is -0.494 e. The van der Waals surface area contributed by atoms with Crippen molar-refractivity contribution < 1.29 is 18.7 Å². The van der Waals surface area contributed by atoms with Crippen LogP contribution in [0.2, 0.25) is 0 Å². The van der Waals surface area contributed by atoms with E-state index in [9.17, 15) is 9.18 Å². The van der Waals surface area contributed by atoms with Gasteiger partial charge in [-0.25, -0.2) is 4.39 Å². The number of rotatable bonds is 8. The normalized spacial score (nSPS) is 10.5. The highest BCUT2D eigenvalue weighted by molar-refractivity contribution is 5.69. The third-order valence-corrected chi connectivity index (χ3v) is 2.69. The average molecular weight is 269 g/mol. The Hall–Kier alpha value is -1.62. The summed E-state index contributed by atoms with van der Waals surface area (Å²) in [5, 5.41) is 0. The zero-order chi connectivity index (χ0) is 14.1. The van der Waals surface area contributed by atoms with Crippen LogP contribution in [-0.4, -0.2) is 44.7 Å². The number of carbonyl (C=O) groups is 1. The molecule has 0 amide bonds. The maximum Gasteiger partial charge on any atom is 0.306 e. The molecule has 0 fully saturated rings. The number of carbonyl (C=O) groups excluding carboxylic acids is 1. The van der Waals surface area contributed by atoms with Crippen molar-refractivity contribution in [3.63, 3.8) is 0 Å². The number of nitrogens with zero attached hydrogens (tertiary/aromatic N) is 1. The molecule has 0 atom stereocenters. The molecule has 0 radical (unpaired) electrons. The minimum absolute atomic E-state index is 0.200. The summed E-state index contributed by atoms with van der Waals surface area (Å²) in [6, 6.07) is 5.96. The molecule has 0 aromatic heterocycles. The fraction of sp³-hybridized carbons (Fsp3) is 0.500. The van der Waals surface area contributed by atoms with Crippen LogP contribution >= 0.6 is 0 Å². The predicted octanol–water partition coefficient (Wildman–Crippen LogP) is 2.09. The third-order valence-electron chi connectivity index (χ3n) is 2.69. The highest BCUT2D eigenvalue weighted by Crippen LogP contribution is 2.11. The summed E-state index contributed by atoms with van der Waals surface area (Å²) in [5.41, 5.74) is 0. The lowest BCUT2D eigenvalue weighted by Crippen LogP contribution is -2.24. The number of methoxy groups -OCH3 is 1. The lowest BCUT2D eigenvalue weighted by molar-refractivity contribution is -0.140. The van der Waals surface area contributed by atoms with Crippen molar-refractivity contribution in [1.82, 2.24) is 4.90 Å². The summed E-state index contributed by atoms with van der Waals surface area (Å²) in [6.07, 6.45) is 1.24. The second kappa shape index (κ2) is 8.48. The van der Waals surface area contributed by atoms with Crippen molar-refractivity contribution in [3.8, 4) is 5.75 Å². The van der Waals surface area contributed by atoms with Crippen LogP contribution in [-0.2, 0) is 9.53 Å². The van der Waals surface area contributed by atoms with Crippen LogP contribution in [0.1, 0.15) is 12.8 Å². The van der Waals surface area contributed by atoms with Gasteiger partial charge in [-0.3, -0.25) is 4.79 Å². The maximum absolute atomic E-state index is 12.7.